The van der Waals surface area contributed by atoms with Crippen LogP contribution in [0.15, 0.2) is 24.3 Å². The lowest BCUT2D eigenvalue weighted by Gasteiger charge is -2.17. The Bertz CT molecular complexity index is 487. The van der Waals surface area contributed by atoms with E-state index >= 15 is 0 Å². The lowest BCUT2D eigenvalue weighted by molar-refractivity contribution is 0.0788. The quantitative estimate of drug-likeness (QED) is 0.852. The summed E-state index contributed by atoms with van der Waals surface area (Å²) in [4.78, 5) is 25.2. The van der Waals surface area contributed by atoms with Crippen molar-refractivity contribution in [3.05, 3.63) is 35.4 Å². The number of carbonyl (C=O) groups excluding carboxylic acids is 2. The average Bonchev–Trinajstić information content (AvgIpc) is 2.95. The first-order valence-corrected chi connectivity index (χ1v) is 6.57. The number of alkyl carbamates (subject to hydrolysis) is 1. The van der Waals surface area contributed by atoms with Gasteiger partial charge in [0.2, 0.25) is 0 Å². The highest BCUT2D eigenvalue weighted by molar-refractivity contribution is 5.94. The first kappa shape index (κ1) is 14.3. The number of amides is 2. The molecule has 1 aliphatic heterocycles. The van der Waals surface area contributed by atoms with Gasteiger partial charge in [0.25, 0.3) is 5.91 Å². The monoisotopic (exact) mass is 277 g/mol. The number of ether oxygens (including phenoxy) is 1. The van der Waals surface area contributed by atoms with Gasteiger partial charge >= 0.3 is 6.09 Å². The normalized spacial score (nSPS) is 17.9. The van der Waals surface area contributed by atoms with Crippen LogP contribution in [0.1, 0.15) is 22.3 Å². The molecule has 0 radical (unpaired) electrons. The predicted octanol–water partition coefficient (Wildman–Crippen LogP) is 0.716. The number of benzene rings is 1. The van der Waals surface area contributed by atoms with Gasteiger partial charge in [-0.05, 0) is 24.1 Å². The van der Waals surface area contributed by atoms with Crippen molar-refractivity contribution < 1.29 is 14.3 Å². The molecule has 0 saturated carbocycles. The maximum atomic E-state index is 12.3. The van der Waals surface area contributed by atoms with Gasteiger partial charge in [0.05, 0.1) is 13.2 Å². The molecule has 1 heterocycles. The van der Waals surface area contributed by atoms with E-state index in [-0.39, 0.29) is 11.9 Å². The van der Waals surface area contributed by atoms with Gasteiger partial charge in [0.15, 0.2) is 0 Å². The summed E-state index contributed by atoms with van der Waals surface area (Å²) in [6.45, 7) is 1.60. The Morgan fingerprint density at radius 1 is 1.40 bits per heavy atom. The number of nitrogens with zero attached hydrogens (tertiary/aromatic N) is 1. The second kappa shape index (κ2) is 6.38. The van der Waals surface area contributed by atoms with Crippen LogP contribution in [0.3, 0.4) is 0 Å². The minimum absolute atomic E-state index is 0.0252. The van der Waals surface area contributed by atoms with Crippen LogP contribution in [0, 0.1) is 0 Å². The lowest BCUT2D eigenvalue weighted by Crippen LogP contribution is -2.38. The minimum atomic E-state index is -0.461. The number of nitrogens with two attached hydrogens (primary N) is 1. The van der Waals surface area contributed by atoms with Crippen LogP contribution in [0.4, 0.5) is 4.79 Å². The molecule has 1 aromatic carbocycles. The largest absolute Gasteiger partial charge is 0.453 e. The van der Waals surface area contributed by atoms with E-state index < -0.39 is 6.09 Å². The van der Waals surface area contributed by atoms with Crippen molar-refractivity contribution >= 4 is 12.0 Å². The first-order chi connectivity index (χ1) is 9.63. The molecular formula is C14H19N3O3. The van der Waals surface area contributed by atoms with E-state index in [1.807, 2.05) is 12.1 Å². The molecule has 20 heavy (non-hydrogen) atoms. The Labute approximate surface area is 117 Å². The van der Waals surface area contributed by atoms with Crippen LogP contribution in [0.2, 0.25) is 0 Å². The second-order valence-corrected chi connectivity index (χ2v) is 4.77. The van der Waals surface area contributed by atoms with Crippen molar-refractivity contribution in [1.29, 1.82) is 0 Å². The highest BCUT2D eigenvalue weighted by Gasteiger charge is 2.28. The zero-order valence-electron chi connectivity index (χ0n) is 11.5. The smallest absolute Gasteiger partial charge is 0.407 e. The summed E-state index contributed by atoms with van der Waals surface area (Å²) in [6.07, 6.45) is 0.276. The van der Waals surface area contributed by atoms with Crippen LogP contribution in [0.25, 0.3) is 0 Å². The van der Waals surface area contributed by atoms with E-state index in [1.54, 1.807) is 17.0 Å². The van der Waals surface area contributed by atoms with Crippen molar-refractivity contribution in [2.45, 2.75) is 19.0 Å². The Kier molecular flexibility index (Phi) is 4.57. The summed E-state index contributed by atoms with van der Waals surface area (Å²) in [5, 5.41) is 2.71. The standard InChI is InChI=1S/C14H19N3O3/c1-20-14(19)16-12-6-7-17(9-12)13(18)11-4-2-10(8-15)3-5-11/h2-5,12H,6-9,15H2,1H3,(H,16,19). The Hall–Kier alpha value is -2.08. The van der Waals surface area contributed by atoms with Gasteiger partial charge in [-0.15, -0.1) is 0 Å². The van der Waals surface area contributed by atoms with Gasteiger partial charge in [0.1, 0.15) is 0 Å². The fourth-order valence-electron chi connectivity index (χ4n) is 2.25. The summed E-state index contributed by atoms with van der Waals surface area (Å²) in [7, 11) is 1.33. The molecule has 3 N–H and O–H groups in total. The van der Waals surface area contributed by atoms with E-state index in [1.165, 1.54) is 7.11 Å². The first-order valence-electron chi connectivity index (χ1n) is 6.57. The van der Waals surface area contributed by atoms with Crippen LogP contribution in [-0.2, 0) is 11.3 Å². The van der Waals surface area contributed by atoms with Crippen LogP contribution in [0.5, 0.6) is 0 Å². The summed E-state index contributed by atoms with van der Waals surface area (Å²) in [5.74, 6) is -0.0252. The Morgan fingerprint density at radius 3 is 2.70 bits per heavy atom. The molecular weight excluding hydrogens is 258 g/mol. The number of rotatable bonds is 3. The number of methoxy groups -OCH3 is 1. The molecule has 2 amide bonds. The van der Waals surface area contributed by atoms with E-state index in [0.717, 1.165) is 12.0 Å². The maximum Gasteiger partial charge on any atom is 0.407 e. The third kappa shape index (κ3) is 3.27. The summed E-state index contributed by atoms with van der Waals surface area (Å²) >= 11 is 0. The van der Waals surface area contributed by atoms with Crippen LogP contribution >= 0.6 is 0 Å². The van der Waals surface area contributed by atoms with Gasteiger partial charge in [-0.2, -0.15) is 0 Å². The highest BCUT2D eigenvalue weighted by Crippen LogP contribution is 2.14. The predicted molar refractivity (Wildman–Crippen MR) is 74.2 cm³/mol. The number of hydrogen-bond acceptors (Lipinski definition) is 4. The minimum Gasteiger partial charge on any atom is -0.453 e. The zero-order chi connectivity index (χ0) is 14.5. The average molecular weight is 277 g/mol. The number of nitrogens with one attached hydrogen (secondary N) is 1. The second-order valence-electron chi connectivity index (χ2n) is 4.77. The van der Waals surface area contributed by atoms with E-state index in [0.29, 0.717) is 25.2 Å². The van der Waals surface area contributed by atoms with E-state index in [2.05, 4.69) is 10.1 Å². The molecule has 2 rings (SSSR count). The van der Waals surface area contributed by atoms with Crippen LogP contribution < -0.4 is 11.1 Å². The van der Waals surface area contributed by atoms with Gasteiger partial charge in [-0.25, -0.2) is 4.79 Å². The molecule has 1 unspecified atom stereocenters. The third-order valence-electron chi connectivity index (χ3n) is 3.42. The Morgan fingerprint density at radius 2 is 2.10 bits per heavy atom. The molecule has 1 aliphatic rings. The molecule has 0 aliphatic carbocycles. The molecule has 6 heteroatoms. The lowest BCUT2D eigenvalue weighted by atomic mass is 10.1. The summed E-state index contributed by atoms with van der Waals surface area (Å²) in [6, 6.07) is 7.23. The van der Waals surface area contributed by atoms with Crippen molar-refractivity contribution in [2.75, 3.05) is 20.2 Å². The summed E-state index contributed by atoms with van der Waals surface area (Å²) < 4.78 is 4.55. The van der Waals surface area contributed by atoms with Crippen molar-refractivity contribution in [3.63, 3.8) is 0 Å². The van der Waals surface area contributed by atoms with Crippen molar-refractivity contribution in [1.82, 2.24) is 10.2 Å². The van der Waals surface area contributed by atoms with E-state index in [4.69, 9.17) is 5.73 Å². The highest BCUT2D eigenvalue weighted by atomic mass is 16.5. The van der Waals surface area contributed by atoms with Crippen molar-refractivity contribution in [2.24, 2.45) is 5.73 Å². The molecule has 1 atom stereocenters. The molecule has 1 fully saturated rings. The van der Waals surface area contributed by atoms with Gasteiger partial charge in [-0.1, -0.05) is 12.1 Å². The molecule has 6 nitrogen and oxygen atoms in total. The van der Waals surface area contributed by atoms with Gasteiger partial charge < -0.3 is 20.7 Å². The molecule has 0 bridgehead atoms. The molecule has 0 aromatic heterocycles. The molecule has 1 aromatic rings. The fourth-order valence-corrected chi connectivity index (χ4v) is 2.25. The maximum absolute atomic E-state index is 12.3. The van der Waals surface area contributed by atoms with Gasteiger partial charge in [-0.3, -0.25) is 4.79 Å². The number of hydrogen-bond donors (Lipinski definition) is 2. The molecule has 0 spiro atoms. The topological polar surface area (TPSA) is 84.7 Å². The van der Waals surface area contributed by atoms with E-state index in [9.17, 15) is 9.59 Å². The van der Waals surface area contributed by atoms with Crippen molar-refractivity contribution in [3.8, 4) is 0 Å². The third-order valence-corrected chi connectivity index (χ3v) is 3.42. The SMILES string of the molecule is COC(=O)NC1CCN(C(=O)c2ccc(CN)cc2)C1. The zero-order valence-corrected chi connectivity index (χ0v) is 11.5. The summed E-state index contributed by atoms with van der Waals surface area (Å²) in [5.41, 5.74) is 7.16. The number of likely N-dealkylation sites (tertiary alicyclic amines) is 1. The van der Waals surface area contributed by atoms with Gasteiger partial charge in [0, 0.05) is 25.2 Å². The molecule has 108 valence electrons. The Balaban J connectivity index is 1.95. The van der Waals surface area contributed by atoms with Crippen LogP contribution in [-0.4, -0.2) is 43.1 Å². The fraction of sp³-hybridized carbons (Fsp3) is 0.429. The number of carbonyl (C=O) groups is 2. The molecule has 1 saturated heterocycles.